The van der Waals surface area contributed by atoms with Gasteiger partial charge < -0.3 is 9.73 Å². The molecule has 0 aliphatic rings. The number of hydrogen-bond donors (Lipinski definition) is 1. The Bertz CT molecular complexity index is 714. The van der Waals surface area contributed by atoms with Crippen molar-refractivity contribution in [1.82, 2.24) is 9.78 Å². The van der Waals surface area contributed by atoms with Gasteiger partial charge in [-0.15, -0.1) is 0 Å². The van der Waals surface area contributed by atoms with Crippen LogP contribution in [0.5, 0.6) is 0 Å². The molecule has 21 heavy (non-hydrogen) atoms. The zero-order chi connectivity index (χ0) is 14.8. The molecule has 1 N–H and O–H groups in total. The second-order valence-corrected chi connectivity index (χ2v) is 5.17. The maximum Gasteiger partial charge on any atom is 0.130 e. The Labute approximate surface area is 124 Å². The fourth-order valence-corrected chi connectivity index (χ4v) is 2.55. The van der Waals surface area contributed by atoms with Crippen LogP contribution in [-0.2, 0) is 7.05 Å². The third-order valence-electron chi connectivity index (χ3n) is 3.76. The maximum atomic E-state index is 5.62. The van der Waals surface area contributed by atoms with Gasteiger partial charge in [0.05, 0.1) is 23.3 Å². The van der Waals surface area contributed by atoms with E-state index >= 15 is 0 Å². The average molecular weight is 281 g/mol. The molecule has 3 aromatic rings. The summed E-state index contributed by atoms with van der Waals surface area (Å²) >= 11 is 0. The molecule has 0 amide bonds. The Morgan fingerprint density at radius 1 is 1.10 bits per heavy atom. The number of anilines is 1. The Balaban J connectivity index is 2.01. The topological polar surface area (TPSA) is 43.0 Å². The van der Waals surface area contributed by atoms with Crippen LogP contribution in [-0.4, -0.2) is 9.78 Å². The minimum absolute atomic E-state index is 0.0252. The van der Waals surface area contributed by atoms with Crippen LogP contribution in [0.1, 0.15) is 28.8 Å². The maximum absolute atomic E-state index is 5.62. The fourth-order valence-electron chi connectivity index (χ4n) is 2.55. The van der Waals surface area contributed by atoms with Gasteiger partial charge in [-0.25, -0.2) is 0 Å². The molecule has 2 aromatic heterocycles. The lowest BCUT2D eigenvalue weighted by Crippen LogP contribution is -2.12. The van der Waals surface area contributed by atoms with Crippen molar-refractivity contribution in [3.63, 3.8) is 0 Å². The van der Waals surface area contributed by atoms with Crippen LogP contribution in [0, 0.1) is 13.8 Å². The van der Waals surface area contributed by atoms with Crippen molar-refractivity contribution >= 4 is 5.69 Å². The summed E-state index contributed by atoms with van der Waals surface area (Å²) in [6.07, 6.45) is 1.70. The van der Waals surface area contributed by atoms with Gasteiger partial charge in [0, 0.05) is 7.05 Å². The Hall–Kier alpha value is -2.49. The van der Waals surface area contributed by atoms with Crippen molar-refractivity contribution in [2.24, 2.45) is 7.05 Å². The van der Waals surface area contributed by atoms with Gasteiger partial charge in [0.1, 0.15) is 11.8 Å². The first-order valence-electron chi connectivity index (χ1n) is 7.02. The highest BCUT2D eigenvalue weighted by Gasteiger charge is 2.20. The second kappa shape index (κ2) is 5.48. The van der Waals surface area contributed by atoms with Crippen molar-refractivity contribution < 1.29 is 4.42 Å². The van der Waals surface area contributed by atoms with Crippen molar-refractivity contribution in [3.8, 4) is 0 Å². The van der Waals surface area contributed by atoms with Crippen LogP contribution < -0.4 is 5.32 Å². The molecule has 2 heterocycles. The molecule has 0 radical (unpaired) electrons. The molecule has 0 saturated heterocycles. The predicted octanol–water partition coefficient (Wildman–Crippen LogP) is 3.83. The number of aryl methyl sites for hydroxylation is 2. The smallest absolute Gasteiger partial charge is 0.130 e. The van der Waals surface area contributed by atoms with Gasteiger partial charge in [-0.1, -0.05) is 30.3 Å². The van der Waals surface area contributed by atoms with Gasteiger partial charge in [-0.3, -0.25) is 4.68 Å². The van der Waals surface area contributed by atoms with E-state index in [-0.39, 0.29) is 6.04 Å². The molecular formula is C17H19N3O. The van der Waals surface area contributed by atoms with Crippen LogP contribution in [0.25, 0.3) is 0 Å². The van der Waals surface area contributed by atoms with E-state index < -0.39 is 0 Å². The van der Waals surface area contributed by atoms with Gasteiger partial charge in [0.15, 0.2) is 0 Å². The highest BCUT2D eigenvalue weighted by Crippen LogP contribution is 2.29. The fraction of sp³-hybridized carbons (Fsp3) is 0.235. The van der Waals surface area contributed by atoms with Crippen LogP contribution in [0.15, 0.2) is 53.1 Å². The minimum Gasteiger partial charge on any atom is -0.467 e. The van der Waals surface area contributed by atoms with Crippen LogP contribution >= 0.6 is 0 Å². The van der Waals surface area contributed by atoms with Crippen molar-refractivity contribution in [2.45, 2.75) is 19.9 Å². The third kappa shape index (κ3) is 2.57. The number of hydrogen-bond acceptors (Lipinski definition) is 3. The number of nitrogens with zero attached hydrogens (tertiary/aromatic N) is 2. The van der Waals surface area contributed by atoms with Crippen LogP contribution in [0.3, 0.4) is 0 Å². The van der Waals surface area contributed by atoms with E-state index in [1.165, 1.54) is 0 Å². The summed E-state index contributed by atoms with van der Waals surface area (Å²) < 4.78 is 7.51. The summed E-state index contributed by atoms with van der Waals surface area (Å²) in [7, 11) is 1.96. The van der Waals surface area contributed by atoms with E-state index in [2.05, 4.69) is 29.5 Å². The molecule has 0 aliphatic heterocycles. The van der Waals surface area contributed by atoms with Gasteiger partial charge in [-0.05, 0) is 31.5 Å². The normalized spacial score (nSPS) is 12.3. The zero-order valence-corrected chi connectivity index (χ0v) is 12.5. The molecular weight excluding hydrogens is 262 g/mol. The molecule has 0 fully saturated rings. The number of nitrogens with one attached hydrogen (secondary N) is 1. The molecule has 0 bridgehead atoms. The molecule has 1 atom stereocenters. The summed E-state index contributed by atoms with van der Waals surface area (Å²) in [4.78, 5) is 0. The third-order valence-corrected chi connectivity index (χ3v) is 3.76. The number of aromatic nitrogens is 2. The van der Waals surface area contributed by atoms with Gasteiger partial charge >= 0.3 is 0 Å². The molecule has 1 aromatic carbocycles. The first-order chi connectivity index (χ1) is 10.2. The number of furan rings is 1. The molecule has 1 unspecified atom stereocenters. The largest absolute Gasteiger partial charge is 0.467 e. The van der Waals surface area contributed by atoms with E-state index in [0.29, 0.717) is 0 Å². The van der Waals surface area contributed by atoms with Crippen LogP contribution in [0.4, 0.5) is 5.69 Å². The molecule has 0 aliphatic carbocycles. The monoisotopic (exact) mass is 281 g/mol. The molecule has 0 spiro atoms. The van der Waals surface area contributed by atoms with Gasteiger partial charge in [-0.2, -0.15) is 5.10 Å². The second-order valence-electron chi connectivity index (χ2n) is 5.17. The zero-order valence-electron chi connectivity index (χ0n) is 12.5. The molecule has 4 nitrogen and oxygen atoms in total. The number of benzene rings is 1. The Kier molecular flexibility index (Phi) is 3.52. The molecule has 3 rings (SSSR count). The lowest BCUT2D eigenvalue weighted by atomic mass is 10.0. The van der Waals surface area contributed by atoms with Crippen molar-refractivity contribution in [2.75, 3.05) is 5.32 Å². The quantitative estimate of drug-likeness (QED) is 0.790. The highest BCUT2D eigenvalue weighted by molar-refractivity contribution is 5.55. The van der Waals surface area contributed by atoms with E-state index in [9.17, 15) is 0 Å². The standard InChI is InChI=1S/C17H19N3O/c1-12-16(13(2)20(3)19-12)18-17(15-10-7-11-21-15)14-8-5-4-6-9-14/h4-11,17-18H,1-3H3. The predicted molar refractivity (Wildman–Crippen MR) is 83.3 cm³/mol. The Morgan fingerprint density at radius 2 is 1.86 bits per heavy atom. The lowest BCUT2D eigenvalue weighted by molar-refractivity contribution is 0.499. The summed E-state index contributed by atoms with van der Waals surface area (Å²) in [5.74, 6) is 0.892. The first-order valence-corrected chi connectivity index (χ1v) is 7.02. The lowest BCUT2D eigenvalue weighted by Gasteiger charge is -2.18. The van der Waals surface area contributed by atoms with Crippen molar-refractivity contribution in [1.29, 1.82) is 0 Å². The SMILES string of the molecule is Cc1nn(C)c(C)c1NC(c1ccccc1)c1ccco1. The Morgan fingerprint density at radius 3 is 2.43 bits per heavy atom. The highest BCUT2D eigenvalue weighted by atomic mass is 16.3. The summed E-state index contributed by atoms with van der Waals surface area (Å²) in [6, 6.07) is 14.2. The summed E-state index contributed by atoms with van der Waals surface area (Å²) in [5.41, 5.74) is 4.32. The van der Waals surface area contributed by atoms with E-state index in [1.54, 1.807) is 6.26 Å². The average Bonchev–Trinajstić information content (AvgIpc) is 3.09. The number of rotatable bonds is 4. The molecule has 108 valence electrons. The first kappa shape index (κ1) is 13.5. The van der Waals surface area contributed by atoms with Crippen LogP contribution in [0.2, 0.25) is 0 Å². The summed E-state index contributed by atoms with van der Waals surface area (Å²) in [5, 5.41) is 8.04. The minimum atomic E-state index is -0.0252. The molecule has 0 saturated carbocycles. The van der Waals surface area contributed by atoms with Crippen molar-refractivity contribution in [3.05, 3.63) is 71.4 Å². The van der Waals surface area contributed by atoms with E-state index in [4.69, 9.17) is 4.42 Å². The van der Waals surface area contributed by atoms with Gasteiger partial charge in [0.2, 0.25) is 0 Å². The summed E-state index contributed by atoms with van der Waals surface area (Å²) in [6.45, 7) is 4.08. The van der Waals surface area contributed by atoms with E-state index in [1.807, 2.05) is 49.0 Å². The van der Waals surface area contributed by atoms with Gasteiger partial charge in [0.25, 0.3) is 0 Å². The molecule has 4 heteroatoms. The van der Waals surface area contributed by atoms with E-state index in [0.717, 1.165) is 28.4 Å².